The van der Waals surface area contributed by atoms with Crippen molar-refractivity contribution in [2.45, 2.75) is 13.8 Å². The van der Waals surface area contributed by atoms with Crippen molar-refractivity contribution in [3.8, 4) is 0 Å². The van der Waals surface area contributed by atoms with Crippen molar-refractivity contribution < 1.29 is 4.79 Å². The zero-order valence-electron chi connectivity index (χ0n) is 13.6. The van der Waals surface area contributed by atoms with Crippen LogP contribution in [0.3, 0.4) is 0 Å². The molecule has 0 aliphatic heterocycles. The number of hydrogen-bond acceptors (Lipinski definition) is 4. The van der Waals surface area contributed by atoms with Crippen molar-refractivity contribution in [3.05, 3.63) is 54.4 Å². The van der Waals surface area contributed by atoms with Crippen molar-refractivity contribution in [2.75, 3.05) is 13.1 Å². The molecule has 3 aromatic rings. The van der Waals surface area contributed by atoms with Crippen LogP contribution in [0, 0.1) is 0 Å². The predicted octanol–water partition coefficient (Wildman–Crippen LogP) is 2.21. The molecule has 1 amide bonds. The molecule has 3 rings (SSSR count). The van der Waals surface area contributed by atoms with Crippen LogP contribution in [0.25, 0.3) is 11.0 Å². The molecule has 7 nitrogen and oxygen atoms in total. The first-order valence-electron chi connectivity index (χ1n) is 7.83. The Morgan fingerprint density at radius 3 is 2.54 bits per heavy atom. The fraction of sp³-hybridized carbons (Fsp3) is 0.235. The average molecular weight is 322 g/mol. The molecule has 0 saturated heterocycles. The largest absolute Gasteiger partial charge is 0.341 e. The molecule has 0 spiro atoms. The van der Waals surface area contributed by atoms with Gasteiger partial charge in [0.2, 0.25) is 5.96 Å². The molecule has 122 valence electrons. The Labute approximate surface area is 139 Å². The second-order valence-electron chi connectivity index (χ2n) is 5.12. The van der Waals surface area contributed by atoms with Gasteiger partial charge in [-0.25, -0.2) is 0 Å². The third kappa shape index (κ3) is 3.01. The molecule has 0 fully saturated rings. The van der Waals surface area contributed by atoms with Gasteiger partial charge in [0.05, 0.1) is 5.52 Å². The van der Waals surface area contributed by atoms with Gasteiger partial charge in [-0.2, -0.15) is 9.67 Å². The van der Waals surface area contributed by atoms with Gasteiger partial charge >= 0.3 is 0 Å². The summed E-state index contributed by atoms with van der Waals surface area (Å²) in [4.78, 5) is 22.7. The zero-order valence-corrected chi connectivity index (χ0v) is 13.6. The SMILES string of the molecule is CCN(CC)C(=NC(=O)c1ccncc1)n1nnc2ccccc21. The second kappa shape index (κ2) is 6.99. The number of aliphatic imine (C=N–C) groups is 1. The summed E-state index contributed by atoms with van der Waals surface area (Å²) in [6.07, 6.45) is 3.15. The lowest BCUT2D eigenvalue weighted by Crippen LogP contribution is -2.37. The van der Waals surface area contributed by atoms with E-state index in [9.17, 15) is 4.79 Å². The highest BCUT2D eigenvalue weighted by molar-refractivity contribution is 6.04. The summed E-state index contributed by atoms with van der Waals surface area (Å²) in [6, 6.07) is 10.9. The van der Waals surface area contributed by atoms with E-state index in [1.165, 1.54) is 0 Å². The highest BCUT2D eigenvalue weighted by Crippen LogP contribution is 2.12. The fourth-order valence-corrected chi connectivity index (χ4v) is 2.42. The lowest BCUT2D eigenvalue weighted by molar-refractivity contribution is 0.100. The number of amides is 1. The van der Waals surface area contributed by atoms with Crippen LogP contribution in [0.15, 0.2) is 53.8 Å². The van der Waals surface area contributed by atoms with E-state index < -0.39 is 0 Å². The van der Waals surface area contributed by atoms with Crippen LogP contribution in [0.1, 0.15) is 24.2 Å². The fourth-order valence-electron chi connectivity index (χ4n) is 2.42. The predicted molar refractivity (Wildman–Crippen MR) is 91.8 cm³/mol. The first-order chi connectivity index (χ1) is 11.7. The van der Waals surface area contributed by atoms with Crippen LogP contribution in [-0.4, -0.2) is 49.8 Å². The van der Waals surface area contributed by atoms with Gasteiger partial charge in [0.15, 0.2) is 0 Å². The van der Waals surface area contributed by atoms with Gasteiger partial charge in [0.25, 0.3) is 5.91 Å². The van der Waals surface area contributed by atoms with Crippen LogP contribution in [0.4, 0.5) is 0 Å². The summed E-state index contributed by atoms with van der Waals surface area (Å²) < 4.78 is 1.61. The summed E-state index contributed by atoms with van der Waals surface area (Å²) in [7, 11) is 0. The Morgan fingerprint density at radius 1 is 1.12 bits per heavy atom. The molecule has 2 heterocycles. The molecule has 0 bridgehead atoms. The van der Waals surface area contributed by atoms with Gasteiger partial charge in [-0.15, -0.1) is 5.10 Å². The van der Waals surface area contributed by atoms with Gasteiger partial charge in [0, 0.05) is 31.0 Å². The van der Waals surface area contributed by atoms with E-state index in [4.69, 9.17) is 0 Å². The molecule has 24 heavy (non-hydrogen) atoms. The van der Waals surface area contributed by atoms with Crippen LogP contribution in [0.5, 0.6) is 0 Å². The first kappa shape index (κ1) is 15.8. The Morgan fingerprint density at radius 2 is 1.83 bits per heavy atom. The second-order valence-corrected chi connectivity index (χ2v) is 5.12. The molecule has 1 aromatic carbocycles. The monoisotopic (exact) mass is 322 g/mol. The first-order valence-corrected chi connectivity index (χ1v) is 7.83. The Bertz CT molecular complexity index is 867. The van der Waals surface area contributed by atoms with Gasteiger partial charge < -0.3 is 4.90 Å². The lowest BCUT2D eigenvalue weighted by Gasteiger charge is -2.22. The highest BCUT2D eigenvalue weighted by Gasteiger charge is 2.17. The maximum Gasteiger partial charge on any atom is 0.280 e. The molecule has 0 radical (unpaired) electrons. The maximum atomic E-state index is 12.5. The van der Waals surface area contributed by atoms with Crippen molar-refractivity contribution in [2.24, 2.45) is 4.99 Å². The smallest absolute Gasteiger partial charge is 0.280 e. The molecule has 0 N–H and O–H groups in total. The molecule has 7 heteroatoms. The highest BCUT2D eigenvalue weighted by atomic mass is 16.1. The standard InChI is InChI=1S/C17H18N6O/c1-3-22(4-2)17(19-16(24)13-9-11-18-12-10-13)23-15-8-6-5-7-14(15)20-21-23/h5-12H,3-4H2,1-2H3. The molecular weight excluding hydrogens is 304 g/mol. The number of para-hydroxylation sites is 1. The number of pyridine rings is 1. The number of aromatic nitrogens is 4. The van der Waals surface area contributed by atoms with Gasteiger partial charge in [-0.05, 0) is 38.1 Å². The molecular formula is C17H18N6O. The Kier molecular flexibility index (Phi) is 4.60. The van der Waals surface area contributed by atoms with E-state index in [1.54, 1.807) is 29.2 Å². The van der Waals surface area contributed by atoms with E-state index in [1.807, 2.05) is 43.0 Å². The number of nitrogens with zero attached hydrogens (tertiary/aromatic N) is 6. The van der Waals surface area contributed by atoms with Crippen molar-refractivity contribution in [3.63, 3.8) is 0 Å². The van der Waals surface area contributed by atoms with Crippen LogP contribution >= 0.6 is 0 Å². The molecule has 0 atom stereocenters. The van der Waals surface area contributed by atoms with E-state index in [-0.39, 0.29) is 5.91 Å². The minimum absolute atomic E-state index is 0.334. The molecule has 0 saturated carbocycles. The van der Waals surface area contributed by atoms with Gasteiger partial charge in [-0.1, -0.05) is 17.3 Å². The summed E-state index contributed by atoms with van der Waals surface area (Å²) >= 11 is 0. The molecule has 0 aliphatic carbocycles. The quantitative estimate of drug-likeness (QED) is 0.546. The number of hydrogen-bond donors (Lipinski definition) is 0. The van der Waals surface area contributed by atoms with Crippen LogP contribution in [0.2, 0.25) is 0 Å². The summed E-state index contributed by atoms with van der Waals surface area (Å²) in [5.41, 5.74) is 2.05. The number of carbonyl (C=O) groups is 1. The maximum absolute atomic E-state index is 12.5. The van der Waals surface area contributed by atoms with Crippen LogP contribution in [-0.2, 0) is 0 Å². The minimum atomic E-state index is -0.334. The molecule has 2 aromatic heterocycles. The molecule has 0 aliphatic rings. The zero-order chi connectivity index (χ0) is 16.9. The van der Waals surface area contributed by atoms with E-state index >= 15 is 0 Å². The van der Waals surface area contributed by atoms with Gasteiger partial charge in [-0.3, -0.25) is 9.78 Å². The van der Waals surface area contributed by atoms with E-state index in [0.29, 0.717) is 24.6 Å². The van der Waals surface area contributed by atoms with E-state index in [0.717, 1.165) is 11.0 Å². The van der Waals surface area contributed by atoms with Crippen molar-refractivity contribution in [1.82, 2.24) is 24.9 Å². The summed E-state index contributed by atoms with van der Waals surface area (Å²) in [5.74, 6) is 0.134. The van der Waals surface area contributed by atoms with Crippen molar-refractivity contribution >= 4 is 22.9 Å². The van der Waals surface area contributed by atoms with Crippen molar-refractivity contribution in [1.29, 1.82) is 0 Å². The third-order valence-corrected chi connectivity index (χ3v) is 3.72. The average Bonchev–Trinajstić information content (AvgIpc) is 3.06. The number of rotatable bonds is 3. The number of benzene rings is 1. The normalized spacial score (nSPS) is 11.7. The summed E-state index contributed by atoms with van der Waals surface area (Å²) in [5, 5.41) is 8.34. The lowest BCUT2D eigenvalue weighted by atomic mass is 10.2. The summed E-state index contributed by atoms with van der Waals surface area (Å²) in [6.45, 7) is 5.42. The van der Waals surface area contributed by atoms with Crippen LogP contribution < -0.4 is 0 Å². The molecule has 0 unspecified atom stereocenters. The minimum Gasteiger partial charge on any atom is -0.341 e. The Balaban J connectivity index is 2.10. The van der Waals surface area contributed by atoms with Gasteiger partial charge in [0.1, 0.15) is 5.52 Å². The Hall–Kier alpha value is -3.09. The number of carbonyl (C=O) groups excluding carboxylic acids is 1. The third-order valence-electron chi connectivity index (χ3n) is 3.72. The number of fused-ring (bicyclic) bond motifs is 1. The van der Waals surface area contributed by atoms with E-state index in [2.05, 4.69) is 20.3 Å². The topological polar surface area (TPSA) is 76.3 Å².